The van der Waals surface area contributed by atoms with Gasteiger partial charge in [-0.2, -0.15) is 13.2 Å². The standard InChI is InChI=1S/C22H26F3N3O3/c1-27-8-10-28(11-9-27)16-4-6-19(18(14-16)22(23,24)25)26-21(29)13-15-12-17(30-2)5-7-20(15)31-3/h4-7,12,14H,8-11,13H2,1-3H3,(H,26,29). The third-order valence-electron chi connectivity index (χ3n) is 5.29. The van der Waals surface area contributed by atoms with Gasteiger partial charge in [0.05, 0.1) is 31.9 Å². The average molecular weight is 437 g/mol. The van der Waals surface area contributed by atoms with Crippen LogP contribution in [-0.2, 0) is 17.4 Å². The highest BCUT2D eigenvalue weighted by molar-refractivity contribution is 5.93. The van der Waals surface area contributed by atoms with Gasteiger partial charge in [0.1, 0.15) is 11.5 Å². The number of rotatable bonds is 6. The van der Waals surface area contributed by atoms with Crippen LogP contribution < -0.4 is 19.7 Å². The van der Waals surface area contributed by atoms with E-state index in [1.165, 1.54) is 20.3 Å². The molecule has 0 bridgehead atoms. The molecule has 1 heterocycles. The second-order valence-electron chi connectivity index (χ2n) is 7.42. The Bertz CT molecular complexity index is 926. The number of carbonyl (C=O) groups excluding carboxylic acids is 1. The minimum atomic E-state index is -4.60. The Morgan fingerprint density at radius 1 is 1.03 bits per heavy atom. The van der Waals surface area contributed by atoms with Crippen LogP contribution in [0.5, 0.6) is 11.5 Å². The number of ether oxygens (including phenoxy) is 2. The minimum absolute atomic E-state index is 0.155. The first kappa shape index (κ1) is 22.7. The van der Waals surface area contributed by atoms with Crippen LogP contribution in [0.15, 0.2) is 36.4 Å². The van der Waals surface area contributed by atoms with Crippen LogP contribution >= 0.6 is 0 Å². The first-order valence-electron chi connectivity index (χ1n) is 9.86. The van der Waals surface area contributed by atoms with Gasteiger partial charge in [-0.25, -0.2) is 0 Å². The third-order valence-corrected chi connectivity index (χ3v) is 5.29. The predicted molar refractivity (Wildman–Crippen MR) is 113 cm³/mol. The molecule has 9 heteroatoms. The lowest BCUT2D eigenvalue weighted by Gasteiger charge is -2.34. The van der Waals surface area contributed by atoms with E-state index >= 15 is 0 Å². The molecule has 0 aromatic heterocycles. The quantitative estimate of drug-likeness (QED) is 0.748. The lowest BCUT2D eigenvalue weighted by Crippen LogP contribution is -2.44. The number of hydrogen-bond acceptors (Lipinski definition) is 5. The number of nitrogens with one attached hydrogen (secondary N) is 1. The van der Waals surface area contributed by atoms with Crippen LogP contribution in [0.4, 0.5) is 24.5 Å². The van der Waals surface area contributed by atoms with E-state index in [9.17, 15) is 18.0 Å². The Labute approximate surface area is 179 Å². The van der Waals surface area contributed by atoms with Crippen LogP contribution in [0, 0.1) is 0 Å². The highest BCUT2D eigenvalue weighted by Gasteiger charge is 2.35. The fraction of sp³-hybridized carbons (Fsp3) is 0.409. The number of carbonyl (C=O) groups is 1. The smallest absolute Gasteiger partial charge is 0.418 e. The maximum atomic E-state index is 13.7. The Hall–Kier alpha value is -2.94. The molecule has 1 aliphatic rings. The number of piperazine rings is 1. The van der Waals surface area contributed by atoms with Gasteiger partial charge >= 0.3 is 6.18 Å². The molecule has 1 saturated heterocycles. The summed E-state index contributed by atoms with van der Waals surface area (Å²) < 4.78 is 51.6. The highest BCUT2D eigenvalue weighted by atomic mass is 19.4. The van der Waals surface area contributed by atoms with E-state index in [1.807, 2.05) is 11.9 Å². The molecule has 0 aliphatic carbocycles. The van der Waals surface area contributed by atoms with Crippen molar-refractivity contribution in [1.29, 1.82) is 0 Å². The van der Waals surface area contributed by atoms with Gasteiger partial charge in [0, 0.05) is 37.4 Å². The van der Waals surface area contributed by atoms with Crippen LogP contribution in [0.3, 0.4) is 0 Å². The number of hydrogen-bond donors (Lipinski definition) is 1. The zero-order chi connectivity index (χ0) is 22.6. The zero-order valence-corrected chi connectivity index (χ0v) is 17.8. The van der Waals surface area contributed by atoms with Crippen molar-refractivity contribution in [3.63, 3.8) is 0 Å². The van der Waals surface area contributed by atoms with Gasteiger partial charge in [0.25, 0.3) is 0 Å². The molecule has 31 heavy (non-hydrogen) atoms. The number of likely N-dealkylation sites (N-methyl/N-ethyl adjacent to an activating group) is 1. The lowest BCUT2D eigenvalue weighted by molar-refractivity contribution is -0.136. The fourth-order valence-electron chi connectivity index (χ4n) is 3.52. The van der Waals surface area contributed by atoms with Crippen LogP contribution in [0.2, 0.25) is 0 Å². The Morgan fingerprint density at radius 2 is 1.74 bits per heavy atom. The first-order chi connectivity index (χ1) is 14.7. The molecule has 0 radical (unpaired) electrons. The summed E-state index contributed by atoms with van der Waals surface area (Å²) in [6, 6.07) is 8.98. The number of amides is 1. The minimum Gasteiger partial charge on any atom is -0.497 e. The van der Waals surface area contributed by atoms with Gasteiger partial charge in [-0.1, -0.05) is 0 Å². The molecule has 1 amide bonds. The van der Waals surface area contributed by atoms with Gasteiger partial charge in [-0.3, -0.25) is 4.79 Å². The van der Waals surface area contributed by atoms with Crippen molar-refractivity contribution < 1.29 is 27.4 Å². The highest BCUT2D eigenvalue weighted by Crippen LogP contribution is 2.37. The van der Waals surface area contributed by atoms with E-state index < -0.39 is 17.6 Å². The van der Waals surface area contributed by atoms with Crippen molar-refractivity contribution in [3.8, 4) is 11.5 Å². The normalized spacial score (nSPS) is 15.0. The molecular weight excluding hydrogens is 411 g/mol. The summed E-state index contributed by atoms with van der Waals surface area (Å²) in [5, 5.41) is 2.41. The zero-order valence-electron chi connectivity index (χ0n) is 17.8. The fourth-order valence-corrected chi connectivity index (χ4v) is 3.52. The Morgan fingerprint density at radius 3 is 2.35 bits per heavy atom. The summed E-state index contributed by atoms with van der Waals surface area (Å²) in [4.78, 5) is 16.6. The van der Waals surface area contributed by atoms with Crippen LogP contribution in [0.25, 0.3) is 0 Å². The number of anilines is 2. The van der Waals surface area contributed by atoms with Gasteiger partial charge < -0.3 is 24.6 Å². The summed E-state index contributed by atoms with van der Waals surface area (Å²) >= 11 is 0. The monoisotopic (exact) mass is 437 g/mol. The largest absolute Gasteiger partial charge is 0.497 e. The van der Waals surface area contributed by atoms with Gasteiger partial charge in [-0.05, 0) is 43.4 Å². The van der Waals surface area contributed by atoms with E-state index in [-0.39, 0.29) is 12.1 Å². The third kappa shape index (κ3) is 5.61. The first-order valence-corrected chi connectivity index (χ1v) is 9.86. The summed E-state index contributed by atoms with van der Waals surface area (Å²) in [6.07, 6.45) is -4.75. The molecule has 0 spiro atoms. The molecule has 0 unspecified atom stereocenters. The van der Waals surface area contributed by atoms with E-state index in [0.717, 1.165) is 19.2 Å². The van der Waals surface area contributed by atoms with Gasteiger partial charge in [0.2, 0.25) is 5.91 Å². The molecule has 0 atom stereocenters. The van der Waals surface area contributed by atoms with E-state index in [1.54, 1.807) is 24.3 Å². The molecular formula is C22H26F3N3O3. The molecule has 1 fully saturated rings. The van der Waals surface area contributed by atoms with Crippen molar-refractivity contribution in [2.75, 3.05) is 57.7 Å². The maximum absolute atomic E-state index is 13.7. The second kappa shape index (κ2) is 9.47. The molecule has 2 aromatic rings. The van der Waals surface area contributed by atoms with Gasteiger partial charge in [0.15, 0.2) is 0 Å². The molecule has 1 N–H and O–H groups in total. The number of nitrogens with zero attached hydrogens (tertiary/aromatic N) is 2. The number of methoxy groups -OCH3 is 2. The summed E-state index contributed by atoms with van der Waals surface area (Å²) in [7, 11) is 4.93. The van der Waals surface area contributed by atoms with Crippen LogP contribution in [-0.4, -0.2) is 58.3 Å². The predicted octanol–water partition coefficient (Wildman–Crippen LogP) is 3.66. The molecule has 2 aromatic carbocycles. The number of alkyl halides is 3. The summed E-state index contributed by atoms with van der Waals surface area (Å²) in [6.45, 7) is 2.86. The van der Waals surface area contributed by atoms with E-state index in [4.69, 9.17) is 9.47 Å². The maximum Gasteiger partial charge on any atom is 0.418 e. The number of benzene rings is 2. The van der Waals surface area contributed by atoms with Crippen molar-refractivity contribution in [2.24, 2.45) is 0 Å². The molecule has 6 nitrogen and oxygen atoms in total. The van der Waals surface area contributed by atoms with Crippen molar-refractivity contribution >= 4 is 17.3 Å². The molecule has 168 valence electrons. The van der Waals surface area contributed by atoms with Crippen molar-refractivity contribution in [2.45, 2.75) is 12.6 Å². The van der Waals surface area contributed by atoms with Crippen molar-refractivity contribution in [1.82, 2.24) is 4.90 Å². The molecule has 3 rings (SSSR count). The number of halogens is 3. The van der Waals surface area contributed by atoms with E-state index in [2.05, 4.69) is 10.2 Å². The van der Waals surface area contributed by atoms with Crippen molar-refractivity contribution in [3.05, 3.63) is 47.5 Å². The molecule has 1 aliphatic heterocycles. The average Bonchev–Trinajstić information content (AvgIpc) is 2.73. The summed E-state index contributed by atoms with van der Waals surface area (Å²) in [5.74, 6) is 0.401. The SMILES string of the molecule is COc1ccc(OC)c(CC(=O)Nc2ccc(N3CCN(C)CC3)cc2C(F)(F)F)c1. The Balaban J connectivity index is 1.81. The van der Waals surface area contributed by atoms with Crippen LogP contribution in [0.1, 0.15) is 11.1 Å². The van der Waals surface area contributed by atoms with E-state index in [0.29, 0.717) is 35.8 Å². The van der Waals surface area contributed by atoms with Gasteiger partial charge in [-0.15, -0.1) is 0 Å². The lowest BCUT2D eigenvalue weighted by atomic mass is 10.1. The topological polar surface area (TPSA) is 54.0 Å². The Kier molecular flexibility index (Phi) is 6.94. The summed E-state index contributed by atoms with van der Waals surface area (Å²) in [5.41, 5.74) is -0.123. The molecule has 0 saturated carbocycles. The second-order valence-corrected chi connectivity index (χ2v) is 7.42.